The maximum absolute atomic E-state index is 12.3. The van der Waals surface area contributed by atoms with Crippen molar-refractivity contribution in [3.8, 4) is 68.1 Å². The van der Waals surface area contributed by atoms with Crippen molar-refractivity contribution in [3.05, 3.63) is 241 Å². The lowest BCUT2D eigenvalue weighted by molar-refractivity contribution is 0.00578. The number of carbonyl (C=O) groups excluding carboxylic acids is 2. The van der Waals surface area contributed by atoms with Crippen LogP contribution in [0.15, 0.2) is 197 Å². The van der Waals surface area contributed by atoms with Crippen molar-refractivity contribution in [2.45, 2.75) is 131 Å². The van der Waals surface area contributed by atoms with E-state index in [1.54, 1.807) is 65.3 Å². The van der Waals surface area contributed by atoms with Crippen LogP contribution in [0.1, 0.15) is 135 Å². The van der Waals surface area contributed by atoms with Gasteiger partial charge in [0.05, 0.1) is 57.4 Å². The van der Waals surface area contributed by atoms with Gasteiger partial charge in [0.25, 0.3) is 0 Å². The molecule has 0 N–H and O–H groups in total. The Kier molecular flexibility index (Phi) is 29.2. The summed E-state index contributed by atoms with van der Waals surface area (Å²) in [7, 11) is 2.15. The number of esters is 2. The maximum Gasteiger partial charge on any atom is 0.498 e. The van der Waals surface area contributed by atoms with E-state index in [9.17, 15) is 9.59 Å². The van der Waals surface area contributed by atoms with E-state index in [1.807, 2.05) is 126 Å². The van der Waals surface area contributed by atoms with Crippen molar-refractivity contribution < 1.29 is 66.3 Å². The number of thiazole rings is 2. The smallest absolute Gasteiger partial charge is 0.493 e. The average molecular weight is 1480 g/mol. The molecule has 0 unspecified atom stereocenters. The largest absolute Gasteiger partial charge is 0.498 e. The van der Waals surface area contributed by atoms with Gasteiger partial charge < -0.3 is 56.7 Å². The fourth-order valence-electron chi connectivity index (χ4n) is 10.9. The Morgan fingerprint density at radius 3 is 1.31 bits per heavy atom. The molecule has 0 bridgehead atoms. The number of carbonyl (C=O) groups is 2. The molecule has 2 aromatic heterocycles. The summed E-state index contributed by atoms with van der Waals surface area (Å²) in [5, 5.41) is 4.81. The van der Waals surface area contributed by atoms with Crippen LogP contribution in [0.25, 0.3) is 10.6 Å². The van der Waals surface area contributed by atoms with E-state index in [0.717, 1.165) is 121 Å². The molecule has 1 fully saturated rings. The lowest BCUT2D eigenvalue weighted by Gasteiger charge is -2.32. The molecule has 102 heavy (non-hydrogen) atoms. The molecule has 0 aliphatic carbocycles. The van der Waals surface area contributed by atoms with Crippen molar-refractivity contribution >= 4 is 63.1 Å². The third kappa shape index (κ3) is 21.2. The molecule has 1 aliphatic heterocycles. The molecule has 0 saturated carbocycles. The summed E-state index contributed by atoms with van der Waals surface area (Å²) in [6, 6.07) is 54.0. The van der Waals surface area contributed by atoms with E-state index in [2.05, 4.69) is 106 Å². The van der Waals surface area contributed by atoms with Crippen LogP contribution in [0, 0.1) is 0 Å². The van der Waals surface area contributed by atoms with Gasteiger partial charge in [-0.3, -0.25) is 0 Å². The van der Waals surface area contributed by atoms with Crippen LogP contribution in [0.2, 0.25) is 0 Å². The van der Waals surface area contributed by atoms with Crippen molar-refractivity contribution in [1.82, 2.24) is 9.97 Å². The fourth-order valence-corrected chi connectivity index (χ4v) is 12.4. The summed E-state index contributed by atoms with van der Waals surface area (Å²) in [6.07, 6.45) is 9.81. The van der Waals surface area contributed by atoms with Crippen molar-refractivity contribution in [3.63, 3.8) is 0 Å². The van der Waals surface area contributed by atoms with E-state index >= 15 is 0 Å². The predicted molar refractivity (Wildman–Crippen MR) is 408 cm³/mol. The molecule has 0 spiro atoms. The summed E-state index contributed by atoms with van der Waals surface area (Å²) in [5.74, 6) is 5.78. The van der Waals surface area contributed by atoms with Crippen LogP contribution < -0.4 is 43.4 Å². The first-order valence-corrected chi connectivity index (χ1v) is 37.0. The lowest BCUT2D eigenvalue weighted by atomic mass is 9.77. The monoisotopic (exact) mass is 1480 g/mol. The number of benzene rings is 8. The first-order chi connectivity index (χ1) is 49.6. The van der Waals surface area contributed by atoms with Gasteiger partial charge in [-0.25, -0.2) is 19.6 Å². The van der Waals surface area contributed by atoms with Crippen LogP contribution in [-0.2, 0) is 57.7 Å². The molecule has 3 heterocycles. The SMILES string of the molecule is Brc1nccs1.CCCc1c(OCCCOc2cc(OCc3ccccc3)c(-c3nccs3)cc2CC)cccc1Oc1ccccc1C(=O)OC.CCCc1c(OCCCOc2cc(OCc3ccccc3)c(B3OC(C)(C)C(C)(C)O3)cc2CC)cccc1Oc1ccccc1C(=O)OC. The molecule has 0 radical (unpaired) electrons. The highest BCUT2D eigenvalue weighted by Crippen LogP contribution is 2.42. The Hall–Kier alpha value is -9.18. The van der Waals surface area contributed by atoms with E-state index in [1.165, 1.54) is 14.2 Å². The molecule has 10 aromatic rings. The Morgan fingerprint density at radius 2 is 0.882 bits per heavy atom. The Labute approximate surface area is 616 Å². The molecule has 1 aliphatic rings. The molecular weight excluding hydrogens is 1390 g/mol. The Morgan fingerprint density at radius 1 is 0.461 bits per heavy atom. The van der Waals surface area contributed by atoms with Crippen molar-refractivity contribution in [2.75, 3.05) is 40.6 Å². The number of rotatable bonds is 32. The van der Waals surface area contributed by atoms with Crippen LogP contribution in [0.5, 0.6) is 57.5 Å². The molecule has 11 rings (SSSR count). The molecule has 8 aromatic carbocycles. The number of ether oxygens (including phenoxy) is 10. The molecule has 0 amide bonds. The van der Waals surface area contributed by atoms with E-state index < -0.39 is 30.3 Å². The predicted octanol–water partition coefficient (Wildman–Crippen LogP) is 19.7. The zero-order valence-electron chi connectivity index (χ0n) is 59.8. The highest BCUT2D eigenvalue weighted by molar-refractivity contribution is 9.11. The number of nitrogens with zero attached hydrogens (tertiary/aromatic N) is 2. The Bertz CT molecular complexity index is 4240. The minimum atomic E-state index is -0.565. The highest BCUT2D eigenvalue weighted by Gasteiger charge is 2.52. The number of aryl methyl sites for hydroxylation is 2. The number of hydrogen-bond donors (Lipinski definition) is 0. The van der Waals surface area contributed by atoms with Gasteiger partial charge >= 0.3 is 19.1 Å². The summed E-state index contributed by atoms with van der Waals surface area (Å²) in [6.45, 7) is 19.4. The second-order valence-electron chi connectivity index (χ2n) is 24.7. The Balaban J connectivity index is 0.000000219. The number of para-hydroxylation sites is 2. The van der Waals surface area contributed by atoms with Crippen molar-refractivity contribution in [1.29, 1.82) is 0 Å². The van der Waals surface area contributed by atoms with E-state index in [0.29, 0.717) is 92.4 Å². The van der Waals surface area contributed by atoms with Crippen molar-refractivity contribution in [2.24, 2.45) is 0 Å². The van der Waals surface area contributed by atoms with Gasteiger partial charge in [-0.05, 0) is 146 Å². The first kappa shape index (κ1) is 77.0. The quantitative estimate of drug-likeness (QED) is 0.0221. The summed E-state index contributed by atoms with van der Waals surface area (Å²) in [4.78, 5) is 33.0. The van der Waals surface area contributed by atoms with Gasteiger partial charge in [0.2, 0.25) is 0 Å². The molecular formula is C82H90BBrN2O14S2. The van der Waals surface area contributed by atoms with E-state index in [-0.39, 0.29) is 0 Å². The molecule has 1 saturated heterocycles. The van der Waals surface area contributed by atoms with Crippen LogP contribution in [0.4, 0.5) is 0 Å². The van der Waals surface area contributed by atoms with Gasteiger partial charge in [-0.1, -0.05) is 144 Å². The topological polar surface area (TPSA) is 171 Å². The third-order valence-corrected chi connectivity index (χ3v) is 19.1. The maximum atomic E-state index is 12.3. The number of hydrogen-bond acceptors (Lipinski definition) is 18. The number of aromatic nitrogens is 2. The molecule has 20 heteroatoms. The second-order valence-corrected chi connectivity index (χ2v) is 27.7. The zero-order chi connectivity index (χ0) is 72.3. The number of halogens is 1. The molecule has 534 valence electrons. The van der Waals surface area contributed by atoms with Gasteiger partial charge in [0.1, 0.15) is 86.8 Å². The summed E-state index contributed by atoms with van der Waals surface area (Å²) in [5.41, 5.74) is 7.81. The zero-order valence-corrected chi connectivity index (χ0v) is 63.0. The third-order valence-electron chi connectivity index (χ3n) is 17.0. The van der Waals surface area contributed by atoms with Crippen LogP contribution >= 0.6 is 38.6 Å². The first-order valence-electron chi connectivity index (χ1n) is 34.5. The molecule has 0 atom stereocenters. The second kappa shape index (κ2) is 38.7. The highest BCUT2D eigenvalue weighted by atomic mass is 79.9. The normalized spacial score (nSPS) is 12.6. The minimum absolute atomic E-state index is 0.366. The lowest BCUT2D eigenvalue weighted by Crippen LogP contribution is -2.41. The summed E-state index contributed by atoms with van der Waals surface area (Å²) >= 11 is 6.36. The minimum Gasteiger partial charge on any atom is -0.493 e. The van der Waals surface area contributed by atoms with E-state index in [4.69, 9.17) is 56.7 Å². The fraction of sp³-hybridized carbons (Fsp3) is 0.317. The van der Waals surface area contributed by atoms with Gasteiger partial charge in [0, 0.05) is 64.7 Å². The van der Waals surface area contributed by atoms with Crippen LogP contribution in [-0.4, -0.2) is 80.9 Å². The average Bonchev–Trinajstić information content (AvgIpc) is 1.60. The van der Waals surface area contributed by atoms with Crippen LogP contribution in [0.3, 0.4) is 0 Å². The van der Waals surface area contributed by atoms with Gasteiger partial charge in [0.15, 0.2) is 3.92 Å². The summed E-state index contributed by atoms with van der Waals surface area (Å²) < 4.78 is 74.2. The standard InChI is InChI=1S/C41H49BO8.C38H39NO6S.C3H2BrNS/c1-8-17-31-34(22-15-23-35(31)48-36-21-14-13-20-32(36)39(43)44-7)45-24-16-25-46-37-27-38(47-28-29-18-11-10-12-19-29)33(26-30(37)9-2)42-49-40(3,4)41(5,6)50-42;1-4-13-29-32(18-11-19-33(29)45-34-17-10-9-16-30(34)38(40)41-3)42-21-12-22-43-35-25-36(44-26-27-14-7-6-8-15-27)31(24-28(35)5-2)37-39-20-23-46-37;4-3-5-1-2-6-3/h10-15,18-23,26-27H,8-9,16-17,24-25,28H2,1-7H3;6-11,14-20,23-25H,4-5,12-13,21-22,26H2,1-3H3;1-2H. The van der Waals surface area contributed by atoms with Gasteiger partial charge in [-0.2, -0.15) is 0 Å². The van der Waals surface area contributed by atoms with Gasteiger partial charge in [-0.15, -0.1) is 22.7 Å². The number of methoxy groups -OCH3 is 2. The molecule has 16 nitrogen and oxygen atoms in total.